The Labute approximate surface area is 189 Å². The van der Waals surface area contributed by atoms with Gasteiger partial charge in [0.2, 0.25) is 5.91 Å². The molecule has 0 saturated heterocycles. The number of nitro benzene ring substituents is 1. The summed E-state index contributed by atoms with van der Waals surface area (Å²) < 4.78 is 44.3. The van der Waals surface area contributed by atoms with Crippen LogP contribution in [0.25, 0.3) is 0 Å². The molecule has 3 rings (SSSR count). The third-order valence-corrected chi connectivity index (χ3v) is 5.34. The number of aryl methyl sites for hydroxylation is 1. The number of anilines is 2. The maximum Gasteiger partial charge on any atom is 0.416 e. The number of esters is 1. The van der Waals surface area contributed by atoms with Crippen molar-refractivity contribution in [1.29, 1.82) is 0 Å². The molecule has 0 atom stereocenters. The van der Waals surface area contributed by atoms with Crippen molar-refractivity contribution in [1.82, 2.24) is 4.98 Å². The van der Waals surface area contributed by atoms with E-state index in [0.717, 1.165) is 28.4 Å². The average Bonchev–Trinajstić information content (AvgIpc) is 3.19. The first kappa shape index (κ1) is 23.9. The summed E-state index contributed by atoms with van der Waals surface area (Å²) >= 11 is 0.965. The van der Waals surface area contributed by atoms with Crippen LogP contribution in [0, 0.1) is 17.0 Å². The molecule has 0 radical (unpaired) electrons. The molecule has 33 heavy (non-hydrogen) atoms. The number of ether oxygens (including phenoxy) is 1. The number of nitro groups is 1. The molecule has 3 aromatic rings. The standard InChI is InChI=1S/C21H16F3N3O5S/c1-12-5-3-8-17(18(12)27(30)31)19(29)32-10-15-11-33-20(25-15)26(13(2)28)16-7-4-6-14(9-16)21(22,23)24/h3-9,11H,10H2,1-2H3. The maximum atomic E-state index is 13.1. The van der Waals surface area contributed by atoms with Crippen molar-refractivity contribution in [2.24, 2.45) is 0 Å². The van der Waals surface area contributed by atoms with Crippen LogP contribution < -0.4 is 4.90 Å². The SMILES string of the molecule is CC(=O)N(c1cccc(C(F)(F)F)c1)c1nc(COC(=O)c2cccc(C)c2[N+](=O)[O-])cs1. The van der Waals surface area contributed by atoms with Gasteiger partial charge in [0.05, 0.1) is 21.9 Å². The normalized spacial score (nSPS) is 11.2. The largest absolute Gasteiger partial charge is 0.455 e. The third kappa shape index (κ3) is 5.34. The van der Waals surface area contributed by atoms with Crippen LogP contribution in [0.4, 0.5) is 29.7 Å². The maximum absolute atomic E-state index is 13.1. The van der Waals surface area contributed by atoms with E-state index in [1.807, 2.05) is 0 Å². The van der Waals surface area contributed by atoms with Crippen LogP contribution in [-0.2, 0) is 22.3 Å². The predicted octanol–water partition coefficient (Wildman–Crippen LogP) is 5.42. The number of carbonyl (C=O) groups excluding carboxylic acids is 2. The molecule has 172 valence electrons. The minimum atomic E-state index is -4.58. The molecule has 0 spiro atoms. The van der Waals surface area contributed by atoms with Gasteiger partial charge in [0.15, 0.2) is 5.13 Å². The van der Waals surface area contributed by atoms with Crippen LogP contribution >= 0.6 is 11.3 Å². The Balaban J connectivity index is 1.80. The summed E-state index contributed by atoms with van der Waals surface area (Å²) in [6.07, 6.45) is -4.58. The smallest absolute Gasteiger partial charge is 0.416 e. The summed E-state index contributed by atoms with van der Waals surface area (Å²) in [7, 11) is 0. The van der Waals surface area contributed by atoms with Gasteiger partial charge >= 0.3 is 12.1 Å². The molecule has 0 aliphatic carbocycles. The van der Waals surface area contributed by atoms with Crippen molar-refractivity contribution in [2.75, 3.05) is 4.90 Å². The first-order chi connectivity index (χ1) is 15.5. The second kappa shape index (κ2) is 9.36. The Morgan fingerprint density at radius 3 is 2.55 bits per heavy atom. The highest BCUT2D eigenvalue weighted by atomic mass is 32.1. The molecule has 0 aliphatic heterocycles. The number of carbonyl (C=O) groups is 2. The second-order valence-electron chi connectivity index (χ2n) is 6.83. The lowest BCUT2D eigenvalue weighted by atomic mass is 10.1. The Morgan fingerprint density at radius 1 is 1.21 bits per heavy atom. The monoisotopic (exact) mass is 479 g/mol. The van der Waals surface area contributed by atoms with Crippen molar-refractivity contribution >= 4 is 39.7 Å². The van der Waals surface area contributed by atoms with Crippen molar-refractivity contribution < 1.29 is 32.4 Å². The fourth-order valence-electron chi connectivity index (χ4n) is 3.00. The molecule has 2 aromatic carbocycles. The van der Waals surface area contributed by atoms with E-state index in [9.17, 15) is 32.9 Å². The van der Waals surface area contributed by atoms with E-state index in [0.29, 0.717) is 5.56 Å². The zero-order chi connectivity index (χ0) is 24.3. The van der Waals surface area contributed by atoms with Crippen molar-refractivity contribution in [2.45, 2.75) is 26.6 Å². The molecule has 8 nitrogen and oxygen atoms in total. The van der Waals surface area contributed by atoms with Gasteiger partial charge in [0.25, 0.3) is 5.69 Å². The van der Waals surface area contributed by atoms with E-state index in [2.05, 4.69) is 4.98 Å². The molecular weight excluding hydrogens is 463 g/mol. The van der Waals surface area contributed by atoms with Gasteiger partial charge < -0.3 is 4.74 Å². The quantitative estimate of drug-likeness (QED) is 0.266. The Morgan fingerprint density at radius 2 is 1.91 bits per heavy atom. The number of para-hydroxylation sites is 1. The van der Waals surface area contributed by atoms with E-state index in [1.165, 1.54) is 49.6 Å². The fraction of sp³-hybridized carbons (Fsp3) is 0.190. The molecule has 12 heteroatoms. The van der Waals surface area contributed by atoms with Crippen LogP contribution in [0.5, 0.6) is 0 Å². The Bertz CT molecular complexity index is 1230. The highest BCUT2D eigenvalue weighted by Crippen LogP contribution is 2.35. The van der Waals surface area contributed by atoms with Gasteiger partial charge in [0.1, 0.15) is 12.2 Å². The fourth-order valence-corrected chi connectivity index (χ4v) is 3.87. The van der Waals surface area contributed by atoms with Gasteiger partial charge in [0, 0.05) is 17.9 Å². The van der Waals surface area contributed by atoms with Crippen molar-refractivity contribution in [3.8, 4) is 0 Å². The summed E-state index contributed by atoms with van der Waals surface area (Å²) in [5.74, 6) is -1.50. The summed E-state index contributed by atoms with van der Waals surface area (Å²) in [6, 6.07) is 8.49. The Kier molecular flexibility index (Phi) is 6.77. The number of thiazole rings is 1. The van der Waals surface area contributed by atoms with Crippen LogP contribution in [0.15, 0.2) is 47.8 Å². The molecule has 0 saturated carbocycles. The lowest BCUT2D eigenvalue weighted by molar-refractivity contribution is -0.385. The number of hydrogen-bond acceptors (Lipinski definition) is 7. The van der Waals surface area contributed by atoms with Gasteiger partial charge in [-0.3, -0.25) is 19.8 Å². The van der Waals surface area contributed by atoms with Crippen molar-refractivity contribution in [3.63, 3.8) is 0 Å². The number of hydrogen-bond donors (Lipinski definition) is 0. The van der Waals surface area contributed by atoms with E-state index < -0.39 is 28.5 Å². The zero-order valence-electron chi connectivity index (χ0n) is 17.3. The van der Waals surface area contributed by atoms with Crippen LogP contribution in [-0.4, -0.2) is 21.8 Å². The van der Waals surface area contributed by atoms with Crippen LogP contribution in [0.2, 0.25) is 0 Å². The molecule has 0 N–H and O–H groups in total. The molecule has 0 unspecified atom stereocenters. The number of alkyl halides is 3. The first-order valence-electron chi connectivity index (χ1n) is 9.32. The molecule has 0 aliphatic rings. The zero-order valence-corrected chi connectivity index (χ0v) is 18.1. The summed E-state index contributed by atoms with van der Waals surface area (Å²) in [4.78, 5) is 40.3. The third-order valence-electron chi connectivity index (χ3n) is 4.47. The molecule has 0 fully saturated rings. The van der Waals surface area contributed by atoms with Gasteiger partial charge in [-0.2, -0.15) is 13.2 Å². The number of halogens is 3. The van der Waals surface area contributed by atoms with Crippen LogP contribution in [0.1, 0.15) is 34.1 Å². The molecule has 0 bridgehead atoms. The van der Waals surface area contributed by atoms with Gasteiger partial charge in [-0.15, -0.1) is 11.3 Å². The Hall–Kier alpha value is -3.80. The number of nitrogens with zero attached hydrogens (tertiary/aromatic N) is 3. The average molecular weight is 479 g/mol. The number of rotatable bonds is 6. The van der Waals surface area contributed by atoms with Gasteiger partial charge in [-0.05, 0) is 31.2 Å². The summed E-state index contributed by atoms with van der Waals surface area (Å²) in [5.41, 5.74) is -1.01. The number of amides is 1. The van der Waals surface area contributed by atoms with E-state index in [4.69, 9.17) is 4.74 Å². The minimum Gasteiger partial charge on any atom is -0.455 e. The van der Waals surface area contributed by atoms with E-state index in [-0.39, 0.29) is 34.4 Å². The van der Waals surface area contributed by atoms with E-state index >= 15 is 0 Å². The lowest BCUT2D eigenvalue weighted by Crippen LogP contribution is -2.23. The highest BCUT2D eigenvalue weighted by molar-refractivity contribution is 7.14. The molecule has 1 heterocycles. The molecule has 1 aromatic heterocycles. The predicted molar refractivity (Wildman–Crippen MR) is 113 cm³/mol. The molecular formula is C21H16F3N3O5S. The number of benzene rings is 2. The summed E-state index contributed by atoms with van der Waals surface area (Å²) in [5, 5.41) is 12.8. The lowest BCUT2D eigenvalue weighted by Gasteiger charge is -2.19. The highest BCUT2D eigenvalue weighted by Gasteiger charge is 2.31. The molecule has 1 amide bonds. The minimum absolute atomic E-state index is 0.0226. The second-order valence-corrected chi connectivity index (χ2v) is 7.66. The number of aromatic nitrogens is 1. The van der Waals surface area contributed by atoms with Gasteiger partial charge in [-0.1, -0.05) is 18.2 Å². The van der Waals surface area contributed by atoms with Crippen LogP contribution in [0.3, 0.4) is 0 Å². The van der Waals surface area contributed by atoms with E-state index in [1.54, 1.807) is 0 Å². The van der Waals surface area contributed by atoms with Gasteiger partial charge in [-0.25, -0.2) is 9.78 Å². The summed E-state index contributed by atoms with van der Waals surface area (Å²) in [6.45, 7) is 2.32. The van der Waals surface area contributed by atoms with Crippen molar-refractivity contribution in [3.05, 3.63) is 80.3 Å². The topological polar surface area (TPSA) is 103 Å². The first-order valence-corrected chi connectivity index (χ1v) is 10.2.